The van der Waals surface area contributed by atoms with Crippen LogP contribution >= 0.6 is 0 Å². The van der Waals surface area contributed by atoms with Gasteiger partial charge in [-0.2, -0.15) is 0 Å². The number of rotatable bonds is 4. The molecule has 2 heterocycles. The Morgan fingerprint density at radius 1 is 1.14 bits per heavy atom. The monoisotopic (exact) mass is 281 g/mol. The number of fused-ring (bicyclic) bond motifs is 1. The molecule has 0 atom stereocenters. The Labute approximate surface area is 124 Å². The maximum absolute atomic E-state index is 5.95. The Bertz CT molecular complexity index is 760. The van der Waals surface area contributed by atoms with Crippen LogP contribution in [-0.4, -0.2) is 16.5 Å². The first kappa shape index (κ1) is 13.6. The zero-order valence-electron chi connectivity index (χ0n) is 12.3. The molecule has 0 aliphatic rings. The van der Waals surface area contributed by atoms with Gasteiger partial charge in [-0.3, -0.25) is 4.40 Å². The van der Waals surface area contributed by atoms with E-state index in [2.05, 4.69) is 29.5 Å². The van der Waals surface area contributed by atoms with Crippen molar-refractivity contribution in [1.82, 2.24) is 9.38 Å². The zero-order chi connectivity index (χ0) is 14.8. The van der Waals surface area contributed by atoms with Crippen LogP contribution in [0.3, 0.4) is 0 Å². The van der Waals surface area contributed by atoms with Crippen LogP contribution < -0.4 is 10.5 Å². The molecule has 108 valence electrons. The number of hydrogen-bond acceptors (Lipinski definition) is 3. The second-order valence-corrected chi connectivity index (χ2v) is 5.09. The zero-order valence-corrected chi connectivity index (χ0v) is 12.3. The SMILES string of the molecule is COc1ccc(Cc2nc3cccc(C)n3c2CN)cc1. The first-order valence-electron chi connectivity index (χ1n) is 7.01. The van der Waals surface area contributed by atoms with E-state index in [9.17, 15) is 0 Å². The minimum absolute atomic E-state index is 0.484. The first-order chi connectivity index (χ1) is 10.2. The lowest BCUT2D eigenvalue weighted by Crippen LogP contribution is -2.06. The van der Waals surface area contributed by atoms with E-state index in [4.69, 9.17) is 15.5 Å². The number of benzene rings is 1. The molecule has 1 aromatic carbocycles. The summed E-state index contributed by atoms with van der Waals surface area (Å²) >= 11 is 0. The summed E-state index contributed by atoms with van der Waals surface area (Å²) in [5, 5.41) is 0. The molecular weight excluding hydrogens is 262 g/mol. The minimum atomic E-state index is 0.484. The van der Waals surface area contributed by atoms with Crippen molar-refractivity contribution in [3.8, 4) is 5.75 Å². The summed E-state index contributed by atoms with van der Waals surface area (Å²) in [6, 6.07) is 14.2. The molecular formula is C17H19N3O. The second-order valence-electron chi connectivity index (χ2n) is 5.09. The van der Waals surface area contributed by atoms with Crippen LogP contribution in [0, 0.1) is 6.92 Å². The van der Waals surface area contributed by atoms with E-state index in [1.54, 1.807) is 7.11 Å². The molecule has 4 heteroatoms. The van der Waals surface area contributed by atoms with Crippen molar-refractivity contribution in [2.75, 3.05) is 7.11 Å². The average molecular weight is 281 g/mol. The number of ether oxygens (including phenoxy) is 1. The maximum Gasteiger partial charge on any atom is 0.137 e. The molecule has 0 unspecified atom stereocenters. The van der Waals surface area contributed by atoms with Gasteiger partial charge in [-0.05, 0) is 36.8 Å². The molecule has 0 fully saturated rings. The van der Waals surface area contributed by atoms with Crippen LogP contribution in [0.15, 0.2) is 42.5 Å². The summed E-state index contributed by atoms with van der Waals surface area (Å²) in [6.45, 7) is 2.56. The van der Waals surface area contributed by atoms with Crippen LogP contribution in [0.2, 0.25) is 0 Å². The molecule has 3 aromatic rings. The van der Waals surface area contributed by atoms with Crippen LogP contribution in [0.4, 0.5) is 0 Å². The smallest absolute Gasteiger partial charge is 0.137 e. The highest BCUT2D eigenvalue weighted by molar-refractivity contribution is 5.46. The number of nitrogens with two attached hydrogens (primary N) is 1. The Hall–Kier alpha value is -2.33. The van der Waals surface area contributed by atoms with Gasteiger partial charge >= 0.3 is 0 Å². The van der Waals surface area contributed by atoms with E-state index < -0.39 is 0 Å². The molecule has 3 rings (SSSR count). The van der Waals surface area contributed by atoms with Crippen molar-refractivity contribution in [2.24, 2.45) is 5.73 Å². The number of methoxy groups -OCH3 is 1. The molecule has 0 saturated heterocycles. The van der Waals surface area contributed by atoms with Crippen molar-refractivity contribution in [2.45, 2.75) is 19.9 Å². The molecule has 0 radical (unpaired) electrons. The van der Waals surface area contributed by atoms with Crippen LogP contribution in [0.5, 0.6) is 5.75 Å². The number of aryl methyl sites for hydroxylation is 1. The fraction of sp³-hybridized carbons (Fsp3) is 0.235. The third kappa shape index (κ3) is 2.50. The van der Waals surface area contributed by atoms with Crippen LogP contribution in [-0.2, 0) is 13.0 Å². The van der Waals surface area contributed by atoms with Gasteiger partial charge in [0, 0.05) is 18.7 Å². The van der Waals surface area contributed by atoms with Crippen molar-refractivity contribution in [1.29, 1.82) is 0 Å². The molecule has 0 spiro atoms. The van der Waals surface area contributed by atoms with Gasteiger partial charge in [0.1, 0.15) is 11.4 Å². The topological polar surface area (TPSA) is 52.5 Å². The van der Waals surface area contributed by atoms with Gasteiger partial charge < -0.3 is 10.5 Å². The van der Waals surface area contributed by atoms with E-state index in [1.165, 1.54) is 5.56 Å². The number of imidazole rings is 1. The molecule has 0 aliphatic carbocycles. The van der Waals surface area contributed by atoms with Gasteiger partial charge in [0.2, 0.25) is 0 Å². The van der Waals surface area contributed by atoms with Crippen molar-refractivity contribution >= 4 is 5.65 Å². The number of nitrogens with zero attached hydrogens (tertiary/aromatic N) is 2. The summed E-state index contributed by atoms with van der Waals surface area (Å²) in [6.07, 6.45) is 0.775. The lowest BCUT2D eigenvalue weighted by molar-refractivity contribution is 0.414. The molecule has 0 bridgehead atoms. The van der Waals surface area contributed by atoms with E-state index in [0.717, 1.165) is 34.9 Å². The van der Waals surface area contributed by atoms with Gasteiger partial charge in [0.25, 0.3) is 0 Å². The Balaban J connectivity index is 2.01. The third-order valence-electron chi connectivity index (χ3n) is 3.74. The largest absolute Gasteiger partial charge is 0.497 e. The Morgan fingerprint density at radius 3 is 2.57 bits per heavy atom. The summed E-state index contributed by atoms with van der Waals surface area (Å²) in [5.74, 6) is 0.864. The predicted molar refractivity (Wildman–Crippen MR) is 83.6 cm³/mol. The predicted octanol–water partition coefficient (Wildman–Crippen LogP) is 2.70. The van der Waals surface area contributed by atoms with Crippen molar-refractivity contribution in [3.05, 3.63) is 65.1 Å². The van der Waals surface area contributed by atoms with Gasteiger partial charge in [-0.25, -0.2) is 4.98 Å². The summed E-state index contributed by atoms with van der Waals surface area (Å²) in [5.41, 5.74) is 11.4. The highest BCUT2D eigenvalue weighted by Crippen LogP contribution is 2.19. The van der Waals surface area contributed by atoms with Crippen molar-refractivity contribution < 1.29 is 4.74 Å². The summed E-state index contributed by atoms with van der Waals surface area (Å²) in [4.78, 5) is 4.73. The standard InChI is InChI=1S/C17H19N3O/c1-12-4-3-5-17-19-15(16(11-18)20(12)17)10-13-6-8-14(21-2)9-7-13/h3-9H,10-11,18H2,1-2H3. The van der Waals surface area contributed by atoms with E-state index in [-0.39, 0.29) is 0 Å². The highest BCUT2D eigenvalue weighted by atomic mass is 16.5. The molecule has 0 saturated carbocycles. The quantitative estimate of drug-likeness (QED) is 0.800. The molecule has 0 aliphatic heterocycles. The fourth-order valence-corrected chi connectivity index (χ4v) is 2.66. The Morgan fingerprint density at radius 2 is 1.90 bits per heavy atom. The fourth-order valence-electron chi connectivity index (χ4n) is 2.66. The Kier molecular flexibility index (Phi) is 3.62. The second kappa shape index (κ2) is 5.58. The molecule has 2 N–H and O–H groups in total. The molecule has 2 aromatic heterocycles. The normalized spacial score (nSPS) is 11.0. The van der Waals surface area contributed by atoms with Crippen LogP contribution in [0.1, 0.15) is 22.6 Å². The number of hydrogen-bond donors (Lipinski definition) is 1. The third-order valence-corrected chi connectivity index (χ3v) is 3.74. The number of pyridine rings is 1. The highest BCUT2D eigenvalue weighted by Gasteiger charge is 2.12. The molecule has 4 nitrogen and oxygen atoms in total. The maximum atomic E-state index is 5.95. The van der Waals surface area contributed by atoms with Crippen LogP contribution in [0.25, 0.3) is 5.65 Å². The van der Waals surface area contributed by atoms with E-state index >= 15 is 0 Å². The van der Waals surface area contributed by atoms with Crippen molar-refractivity contribution in [3.63, 3.8) is 0 Å². The number of aromatic nitrogens is 2. The van der Waals surface area contributed by atoms with Gasteiger partial charge in [-0.15, -0.1) is 0 Å². The minimum Gasteiger partial charge on any atom is -0.497 e. The lowest BCUT2D eigenvalue weighted by Gasteiger charge is -2.06. The average Bonchev–Trinajstić information content (AvgIpc) is 2.86. The first-order valence-corrected chi connectivity index (χ1v) is 7.01. The van der Waals surface area contributed by atoms with Gasteiger partial charge in [0.15, 0.2) is 0 Å². The van der Waals surface area contributed by atoms with E-state index in [0.29, 0.717) is 6.54 Å². The lowest BCUT2D eigenvalue weighted by atomic mass is 10.1. The van der Waals surface area contributed by atoms with Gasteiger partial charge in [-0.1, -0.05) is 18.2 Å². The molecule has 21 heavy (non-hydrogen) atoms. The molecule has 0 amide bonds. The summed E-state index contributed by atoms with van der Waals surface area (Å²) in [7, 11) is 1.67. The summed E-state index contributed by atoms with van der Waals surface area (Å²) < 4.78 is 7.33. The van der Waals surface area contributed by atoms with Gasteiger partial charge in [0.05, 0.1) is 18.5 Å². The van der Waals surface area contributed by atoms with E-state index in [1.807, 2.05) is 24.3 Å².